The molecule has 0 unspecified atom stereocenters. The molecule has 0 aliphatic rings. The summed E-state index contributed by atoms with van der Waals surface area (Å²) in [4.78, 5) is 0. The highest BCUT2D eigenvalue weighted by Gasteiger charge is 2.16. The third kappa shape index (κ3) is 4.92. The summed E-state index contributed by atoms with van der Waals surface area (Å²) in [6.07, 6.45) is 4.62. The van der Waals surface area contributed by atoms with E-state index in [9.17, 15) is 22.0 Å². The SMILES string of the molecule is CCCCCCc1cc(F)c(-c2ccc(-c3ccc4cc(F)c(F)cc4c3)c(F)c2)c(F)c1. The molecular weight excluding hydrogens is 431 g/mol. The first kappa shape index (κ1) is 23.0. The van der Waals surface area contributed by atoms with E-state index < -0.39 is 29.1 Å². The number of hydrogen-bond acceptors (Lipinski definition) is 0. The maximum atomic E-state index is 15.0. The zero-order valence-electron chi connectivity index (χ0n) is 18.2. The standard InChI is InChI=1S/C28H23F5/c1-2-3-4-5-6-17-11-26(32)28(27(33)12-17)20-9-10-22(23(29)15-20)19-8-7-18-14-24(30)25(31)16-21(18)13-19/h7-16H,2-6H2,1H3. The lowest BCUT2D eigenvalue weighted by Crippen LogP contribution is -1.96. The fraction of sp³-hybridized carbons (Fsp3) is 0.214. The number of benzene rings is 4. The van der Waals surface area contributed by atoms with Crippen LogP contribution in [-0.4, -0.2) is 0 Å². The van der Waals surface area contributed by atoms with Crippen LogP contribution >= 0.6 is 0 Å². The van der Waals surface area contributed by atoms with Crippen molar-refractivity contribution in [2.75, 3.05) is 0 Å². The Morgan fingerprint density at radius 3 is 1.88 bits per heavy atom. The van der Waals surface area contributed by atoms with Gasteiger partial charge in [0.15, 0.2) is 11.6 Å². The minimum absolute atomic E-state index is 0.0951. The summed E-state index contributed by atoms with van der Waals surface area (Å²) in [6, 6.07) is 13.4. The zero-order chi connectivity index (χ0) is 23.5. The Balaban J connectivity index is 1.64. The van der Waals surface area contributed by atoms with Gasteiger partial charge in [-0.15, -0.1) is 0 Å². The quantitative estimate of drug-likeness (QED) is 0.193. The van der Waals surface area contributed by atoms with Crippen LogP contribution in [0.1, 0.15) is 38.2 Å². The molecule has 0 aliphatic carbocycles. The highest BCUT2D eigenvalue weighted by Crippen LogP contribution is 2.33. The molecule has 4 rings (SSSR count). The van der Waals surface area contributed by atoms with Gasteiger partial charge < -0.3 is 0 Å². The smallest absolute Gasteiger partial charge is 0.159 e. The molecule has 0 bridgehead atoms. The summed E-state index contributed by atoms with van der Waals surface area (Å²) in [5, 5.41) is 0.898. The van der Waals surface area contributed by atoms with E-state index in [0.717, 1.165) is 43.9 Å². The molecule has 170 valence electrons. The molecule has 5 heteroatoms. The molecule has 0 fully saturated rings. The molecule has 0 N–H and O–H groups in total. The van der Waals surface area contributed by atoms with Gasteiger partial charge in [-0.2, -0.15) is 0 Å². The van der Waals surface area contributed by atoms with Crippen molar-refractivity contribution in [1.82, 2.24) is 0 Å². The second-order valence-corrected chi connectivity index (χ2v) is 8.27. The van der Waals surface area contributed by atoms with Crippen LogP contribution in [0, 0.1) is 29.1 Å². The van der Waals surface area contributed by atoms with Crippen molar-refractivity contribution < 1.29 is 22.0 Å². The van der Waals surface area contributed by atoms with E-state index in [0.29, 0.717) is 28.3 Å². The van der Waals surface area contributed by atoms with Crippen LogP contribution < -0.4 is 0 Å². The molecule has 0 aromatic heterocycles. The molecule has 0 amide bonds. The third-order valence-electron chi connectivity index (χ3n) is 5.87. The van der Waals surface area contributed by atoms with Crippen LogP contribution in [0.25, 0.3) is 33.0 Å². The molecule has 0 saturated heterocycles. The van der Waals surface area contributed by atoms with E-state index in [1.807, 2.05) is 0 Å². The van der Waals surface area contributed by atoms with Crippen molar-refractivity contribution in [2.45, 2.75) is 39.0 Å². The van der Waals surface area contributed by atoms with Gasteiger partial charge in [-0.05, 0) is 76.7 Å². The van der Waals surface area contributed by atoms with Gasteiger partial charge in [-0.25, -0.2) is 22.0 Å². The number of fused-ring (bicyclic) bond motifs is 1. The first-order valence-electron chi connectivity index (χ1n) is 11.0. The van der Waals surface area contributed by atoms with Crippen molar-refractivity contribution in [3.63, 3.8) is 0 Å². The molecule has 0 spiro atoms. The van der Waals surface area contributed by atoms with Gasteiger partial charge >= 0.3 is 0 Å². The van der Waals surface area contributed by atoms with Gasteiger partial charge in [0.1, 0.15) is 17.5 Å². The van der Waals surface area contributed by atoms with Crippen molar-refractivity contribution in [3.05, 3.63) is 95.3 Å². The Labute approximate surface area is 189 Å². The van der Waals surface area contributed by atoms with Gasteiger partial charge in [-0.1, -0.05) is 50.5 Å². The highest BCUT2D eigenvalue weighted by molar-refractivity contribution is 5.88. The molecule has 0 saturated carbocycles. The molecule has 4 aromatic carbocycles. The van der Waals surface area contributed by atoms with Crippen LogP contribution in [0.15, 0.2) is 60.7 Å². The summed E-state index contributed by atoms with van der Waals surface area (Å²) < 4.78 is 71.5. The van der Waals surface area contributed by atoms with Gasteiger partial charge in [0.05, 0.1) is 5.56 Å². The van der Waals surface area contributed by atoms with Crippen LogP contribution in [-0.2, 0) is 6.42 Å². The predicted molar refractivity (Wildman–Crippen MR) is 122 cm³/mol. The zero-order valence-corrected chi connectivity index (χ0v) is 18.2. The van der Waals surface area contributed by atoms with E-state index in [-0.39, 0.29) is 16.7 Å². The second kappa shape index (κ2) is 9.74. The highest BCUT2D eigenvalue weighted by atomic mass is 19.2. The number of aryl methyl sites for hydroxylation is 1. The fourth-order valence-corrected chi connectivity index (χ4v) is 4.12. The summed E-state index contributed by atoms with van der Waals surface area (Å²) >= 11 is 0. The van der Waals surface area contributed by atoms with Crippen LogP contribution in [0.3, 0.4) is 0 Å². The summed E-state index contributed by atoms with van der Waals surface area (Å²) in [7, 11) is 0. The average molecular weight is 454 g/mol. The summed E-state index contributed by atoms with van der Waals surface area (Å²) in [5.41, 5.74) is 1.05. The molecular formula is C28H23F5. The Kier molecular flexibility index (Phi) is 6.77. The Morgan fingerprint density at radius 2 is 1.21 bits per heavy atom. The molecule has 0 radical (unpaired) electrons. The first-order chi connectivity index (χ1) is 15.9. The number of unbranched alkanes of at least 4 members (excludes halogenated alkanes) is 3. The monoisotopic (exact) mass is 454 g/mol. The average Bonchev–Trinajstić information content (AvgIpc) is 2.77. The van der Waals surface area contributed by atoms with Crippen LogP contribution in [0.2, 0.25) is 0 Å². The summed E-state index contributed by atoms with van der Waals surface area (Å²) in [6.45, 7) is 2.10. The van der Waals surface area contributed by atoms with Crippen molar-refractivity contribution >= 4 is 10.8 Å². The topological polar surface area (TPSA) is 0 Å². The van der Waals surface area contributed by atoms with E-state index in [2.05, 4.69) is 6.92 Å². The van der Waals surface area contributed by atoms with Gasteiger partial charge in [-0.3, -0.25) is 0 Å². The normalized spacial score (nSPS) is 11.3. The number of rotatable bonds is 7. The lowest BCUT2D eigenvalue weighted by atomic mass is 9.96. The Morgan fingerprint density at radius 1 is 0.545 bits per heavy atom. The van der Waals surface area contributed by atoms with Crippen molar-refractivity contribution in [2.24, 2.45) is 0 Å². The van der Waals surface area contributed by atoms with E-state index in [1.165, 1.54) is 24.3 Å². The van der Waals surface area contributed by atoms with Gasteiger partial charge in [0.2, 0.25) is 0 Å². The summed E-state index contributed by atoms with van der Waals surface area (Å²) in [5.74, 6) is -4.07. The number of halogens is 5. The lowest BCUT2D eigenvalue weighted by Gasteiger charge is -2.11. The van der Waals surface area contributed by atoms with E-state index in [1.54, 1.807) is 18.2 Å². The maximum Gasteiger partial charge on any atom is 0.159 e. The van der Waals surface area contributed by atoms with E-state index in [4.69, 9.17) is 0 Å². The molecule has 0 aliphatic heterocycles. The van der Waals surface area contributed by atoms with Gasteiger partial charge in [0, 0.05) is 5.56 Å². The van der Waals surface area contributed by atoms with Crippen molar-refractivity contribution in [1.29, 1.82) is 0 Å². The first-order valence-corrected chi connectivity index (χ1v) is 11.0. The second-order valence-electron chi connectivity index (χ2n) is 8.27. The minimum atomic E-state index is -0.991. The molecule has 0 heterocycles. The third-order valence-corrected chi connectivity index (χ3v) is 5.87. The van der Waals surface area contributed by atoms with Crippen LogP contribution in [0.5, 0.6) is 0 Å². The van der Waals surface area contributed by atoms with Crippen LogP contribution in [0.4, 0.5) is 22.0 Å². The Bertz CT molecular complexity index is 1290. The maximum absolute atomic E-state index is 15.0. The molecule has 0 nitrogen and oxygen atoms in total. The van der Waals surface area contributed by atoms with Crippen molar-refractivity contribution in [3.8, 4) is 22.3 Å². The minimum Gasteiger partial charge on any atom is -0.206 e. The molecule has 4 aromatic rings. The molecule has 0 atom stereocenters. The number of hydrogen-bond donors (Lipinski definition) is 0. The largest absolute Gasteiger partial charge is 0.206 e. The van der Waals surface area contributed by atoms with Gasteiger partial charge in [0.25, 0.3) is 0 Å². The lowest BCUT2D eigenvalue weighted by molar-refractivity contribution is 0.511. The predicted octanol–water partition coefficient (Wildman–Crippen LogP) is 8.99. The molecule has 33 heavy (non-hydrogen) atoms. The fourth-order valence-electron chi connectivity index (χ4n) is 4.12. The Hall–Kier alpha value is -3.21. The van der Waals surface area contributed by atoms with E-state index >= 15 is 0 Å².